The van der Waals surface area contributed by atoms with Crippen LogP contribution in [0.25, 0.3) is 0 Å². The Labute approximate surface area is 108 Å². The Morgan fingerprint density at radius 2 is 2.26 bits per heavy atom. The molecule has 104 valence electrons. The summed E-state index contributed by atoms with van der Waals surface area (Å²) in [6, 6.07) is 5.45. The topological polar surface area (TPSA) is 73.6 Å². The molecule has 3 N–H and O–H groups in total. The SMILES string of the molecule is NC1COCC1C(=O)Nc1cccc(OC(F)F)c1. The monoisotopic (exact) mass is 272 g/mol. The molecule has 5 nitrogen and oxygen atoms in total. The van der Waals surface area contributed by atoms with Crippen molar-refractivity contribution in [2.24, 2.45) is 11.7 Å². The molecule has 1 aromatic rings. The molecule has 1 aliphatic heterocycles. The van der Waals surface area contributed by atoms with E-state index in [0.29, 0.717) is 12.3 Å². The third-order valence-electron chi connectivity index (χ3n) is 2.79. The van der Waals surface area contributed by atoms with Crippen molar-refractivity contribution >= 4 is 11.6 Å². The van der Waals surface area contributed by atoms with E-state index in [1.54, 1.807) is 6.07 Å². The molecule has 1 heterocycles. The van der Waals surface area contributed by atoms with Gasteiger partial charge in [0.1, 0.15) is 5.75 Å². The summed E-state index contributed by atoms with van der Waals surface area (Å²) in [5.41, 5.74) is 6.10. The van der Waals surface area contributed by atoms with Crippen LogP contribution in [0, 0.1) is 5.92 Å². The molecule has 2 atom stereocenters. The van der Waals surface area contributed by atoms with Crippen LogP contribution in [0.4, 0.5) is 14.5 Å². The normalized spacial score (nSPS) is 22.5. The van der Waals surface area contributed by atoms with Crippen LogP contribution in [0.3, 0.4) is 0 Å². The number of halogens is 2. The molecular formula is C12H14F2N2O3. The average Bonchev–Trinajstić information content (AvgIpc) is 2.75. The molecule has 0 spiro atoms. The predicted octanol–water partition coefficient (Wildman–Crippen LogP) is 1.20. The summed E-state index contributed by atoms with van der Waals surface area (Å²) < 4.78 is 33.5. The van der Waals surface area contributed by atoms with E-state index in [4.69, 9.17) is 10.5 Å². The number of hydrogen-bond donors (Lipinski definition) is 2. The standard InChI is InChI=1S/C12H14F2N2O3/c13-12(14)19-8-3-1-2-7(4-8)16-11(17)9-5-18-6-10(9)15/h1-4,9-10,12H,5-6,15H2,(H,16,17). The highest BCUT2D eigenvalue weighted by Gasteiger charge is 2.31. The van der Waals surface area contributed by atoms with Crippen LogP contribution in [0.5, 0.6) is 5.75 Å². The number of carbonyl (C=O) groups is 1. The number of rotatable bonds is 4. The minimum Gasteiger partial charge on any atom is -0.435 e. The first kappa shape index (κ1) is 13.7. The van der Waals surface area contributed by atoms with Gasteiger partial charge < -0.3 is 20.5 Å². The highest BCUT2D eigenvalue weighted by Crippen LogP contribution is 2.21. The van der Waals surface area contributed by atoms with Gasteiger partial charge in [-0.05, 0) is 12.1 Å². The third-order valence-corrected chi connectivity index (χ3v) is 2.79. The van der Waals surface area contributed by atoms with Crippen molar-refractivity contribution in [3.63, 3.8) is 0 Å². The Morgan fingerprint density at radius 1 is 1.47 bits per heavy atom. The minimum atomic E-state index is -2.90. The number of carbonyl (C=O) groups excluding carboxylic acids is 1. The van der Waals surface area contributed by atoms with Crippen LogP contribution in [0.1, 0.15) is 0 Å². The largest absolute Gasteiger partial charge is 0.435 e. The Kier molecular flexibility index (Phi) is 4.28. The summed E-state index contributed by atoms with van der Waals surface area (Å²) in [6.07, 6.45) is 0. The van der Waals surface area contributed by atoms with Crippen LogP contribution in [0.15, 0.2) is 24.3 Å². The molecule has 0 saturated carbocycles. The zero-order valence-electron chi connectivity index (χ0n) is 10.0. The molecule has 1 aromatic carbocycles. The molecular weight excluding hydrogens is 258 g/mol. The van der Waals surface area contributed by atoms with Crippen molar-refractivity contribution < 1.29 is 23.0 Å². The zero-order valence-corrected chi connectivity index (χ0v) is 10.0. The molecule has 0 aromatic heterocycles. The van der Waals surface area contributed by atoms with Gasteiger partial charge in [-0.15, -0.1) is 0 Å². The minimum absolute atomic E-state index is 0.0141. The number of alkyl halides is 2. The fourth-order valence-corrected chi connectivity index (χ4v) is 1.83. The van der Waals surface area contributed by atoms with Crippen LogP contribution >= 0.6 is 0 Å². The number of amides is 1. The number of benzene rings is 1. The lowest BCUT2D eigenvalue weighted by atomic mass is 10.0. The highest BCUT2D eigenvalue weighted by molar-refractivity contribution is 5.93. The molecule has 1 saturated heterocycles. The highest BCUT2D eigenvalue weighted by atomic mass is 19.3. The molecule has 0 radical (unpaired) electrons. The quantitative estimate of drug-likeness (QED) is 0.863. The van der Waals surface area contributed by atoms with Gasteiger partial charge >= 0.3 is 6.61 Å². The second-order valence-corrected chi connectivity index (χ2v) is 4.20. The molecule has 0 bridgehead atoms. The Balaban J connectivity index is 2.00. The van der Waals surface area contributed by atoms with Crippen LogP contribution in [0.2, 0.25) is 0 Å². The van der Waals surface area contributed by atoms with Gasteiger partial charge in [0, 0.05) is 17.8 Å². The van der Waals surface area contributed by atoms with Crippen molar-refractivity contribution in [1.82, 2.24) is 0 Å². The first-order valence-corrected chi connectivity index (χ1v) is 5.75. The fraction of sp³-hybridized carbons (Fsp3) is 0.417. The summed E-state index contributed by atoms with van der Waals surface area (Å²) in [4.78, 5) is 11.9. The van der Waals surface area contributed by atoms with E-state index in [9.17, 15) is 13.6 Å². The number of nitrogens with two attached hydrogens (primary N) is 1. The maximum atomic E-state index is 12.1. The van der Waals surface area contributed by atoms with Gasteiger partial charge in [0.2, 0.25) is 5.91 Å². The van der Waals surface area contributed by atoms with E-state index >= 15 is 0 Å². The van der Waals surface area contributed by atoms with Crippen LogP contribution < -0.4 is 15.8 Å². The van der Waals surface area contributed by atoms with E-state index in [1.165, 1.54) is 18.2 Å². The second kappa shape index (κ2) is 5.94. The van der Waals surface area contributed by atoms with Crippen molar-refractivity contribution in [3.8, 4) is 5.75 Å². The first-order valence-electron chi connectivity index (χ1n) is 5.75. The van der Waals surface area contributed by atoms with Gasteiger partial charge in [-0.2, -0.15) is 8.78 Å². The Hall–Kier alpha value is -1.73. The van der Waals surface area contributed by atoms with E-state index in [0.717, 1.165) is 0 Å². The van der Waals surface area contributed by atoms with Gasteiger partial charge in [0.15, 0.2) is 0 Å². The van der Waals surface area contributed by atoms with Crippen molar-refractivity contribution in [1.29, 1.82) is 0 Å². The summed E-state index contributed by atoms with van der Waals surface area (Å²) >= 11 is 0. The molecule has 1 aliphatic rings. The summed E-state index contributed by atoms with van der Waals surface area (Å²) in [5, 5.41) is 2.60. The van der Waals surface area contributed by atoms with Crippen LogP contribution in [-0.4, -0.2) is 31.8 Å². The van der Waals surface area contributed by atoms with E-state index in [2.05, 4.69) is 10.1 Å². The fourth-order valence-electron chi connectivity index (χ4n) is 1.83. The molecule has 0 aliphatic carbocycles. The lowest BCUT2D eigenvalue weighted by Crippen LogP contribution is -2.37. The molecule has 1 amide bonds. The van der Waals surface area contributed by atoms with E-state index in [1.807, 2.05) is 0 Å². The predicted molar refractivity (Wildman–Crippen MR) is 64.0 cm³/mol. The maximum absolute atomic E-state index is 12.1. The number of hydrogen-bond acceptors (Lipinski definition) is 4. The van der Waals surface area contributed by atoms with E-state index in [-0.39, 0.29) is 24.3 Å². The molecule has 19 heavy (non-hydrogen) atoms. The number of nitrogens with one attached hydrogen (secondary N) is 1. The van der Waals surface area contributed by atoms with Gasteiger partial charge in [0.05, 0.1) is 19.1 Å². The summed E-state index contributed by atoms with van der Waals surface area (Å²) in [7, 11) is 0. The molecule has 2 rings (SSSR count). The van der Waals surface area contributed by atoms with Crippen molar-refractivity contribution in [2.75, 3.05) is 18.5 Å². The number of ether oxygens (including phenoxy) is 2. The summed E-state index contributed by atoms with van der Waals surface area (Å²) in [5.74, 6) is -0.737. The zero-order chi connectivity index (χ0) is 13.8. The lowest BCUT2D eigenvalue weighted by Gasteiger charge is -2.14. The van der Waals surface area contributed by atoms with Crippen LogP contribution in [-0.2, 0) is 9.53 Å². The lowest BCUT2D eigenvalue weighted by molar-refractivity contribution is -0.120. The third kappa shape index (κ3) is 3.62. The van der Waals surface area contributed by atoms with Gasteiger partial charge in [-0.1, -0.05) is 6.07 Å². The summed E-state index contributed by atoms with van der Waals surface area (Å²) in [6.45, 7) is -2.30. The van der Waals surface area contributed by atoms with E-state index < -0.39 is 12.5 Å². The molecule has 1 fully saturated rings. The molecule has 2 unspecified atom stereocenters. The average molecular weight is 272 g/mol. The smallest absolute Gasteiger partial charge is 0.387 e. The number of anilines is 1. The Morgan fingerprint density at radius 3 is 2.89 bits per heavy atom. The van der Waals surface area contributed by atoms with Gasteiger partial charge in [-0.3, -0.25) is 4.79 Å². The molecule has 7 heteroatoms. The Bertz CT molecular complexity index is 456. The van der Waals surface area contributed by atoms with Gasteiger partial charge in [0.25, 0.3) is 0 Å². The first-order chi connectivity index (χ1) is 9.06. The van der Waals surface area contributed by atoms with Gasteiger partial charge in [-0.25, -0.2) is 0 Å². The maximum Gasteiger partial charge on any atom is 0.387 e. The van der Waals surface area contributed by atoms with Crippen molar-refractivity contribution in [2.45, 2.75) is 12.7 Å². The second-order valence-electron chi connectivity index (χ2n) is 4.20. The van der Waals surface area contributed by atoms with Crippen molar-refractivity contribution in [3.05, 3.63) is 24.3 Å².